The van der Waals surface area contributed by atoms with Crippen molar-refractivity contribution in [2.45, 2.75) is 13.3 Å². The van der Waals surface area contributed by atoms with E-state index in [1.165, 1.54) is 12.1 Å². The van der Waals surface area contributed by atoms with Crippen LogP contribution in [0.15, 0.2) is 88.1 Å². The highest BCUT2D eigenvalue weighted by atomic mass is 35.5. The van der Waals surface area contributed by atoms with E-state index in [-0.39, 0.29) is 11.5 Å². The van der Waals surface area contributed by atoms with Crippen molar-refractivity contribution in [3.8, 4) is 11.5 Å². The third kappa shape index (κ3) is 6.98. The molecule has 6 nitrogen and oxygen atoms in total. The fourth-order valence-corrected chi connectivity index (χ4v) is 3.52. The van der Waals surface area contributed by atoms with Gasteiger partial charge >= 0.3 is 5.63 Å². The molecule has 0 aliphatic rings. The molecule has 4 aromatic rings. The molecule has 3 aromatic carbocycles. The Balaban J connectivity index is 1.20. The SMILES string of the molecule is Cc1cc(=O)oc2cc(OCCCOc3ccc(/C=C/C(=O)Nc4ccc(Cl)cc4)cc3)ccc12. The van der Waals surface area contributed by atoms with Crippen LogP contribution < -0.4 is 20.4 Å². The molecule has 0 unspecified atom stereocenters. The van der Waals surface area contributed by atoms with E-state index in [1.54, 1.807) is 36.4 Å². The Morgan fingerprint density at radius 2 is 1.63 bits per heavy atom. The highest BCUT2D eigenvalue weighted by Gasteiger charge is 2.04. The van der Waals surface area contributed by atoms with Crippen molar-refractivity contribution in [3.05, 3.63) is 105 Å². The van der Waals surface area contributed by atoms with Gasteiger partial charge in [0.25, 0.3) is 0 Å². The number of halogens is 1. The maximum absolute atomic E-state index is 12.1. The first kappa shape index (κ1) is 24.1. The predicted octanol–water partition coefficient (Wildman–Crippen LogP) is 6.25. The highest BCUT2D eigenvalue weighted by Crippen LogP contribution is 2.22. The van der Waals surface area contributed by atoms with Crippen molar-refractivity contribution in [1.29, 1.82) is 0 Å². The number of anilines is 1. The van der Waals surface area contributed by atoms with Gasteiger partial charge in [0.2, 0.25) is 5.91 Å². The lowest BCUT2D eigenvalue weighted by Gasteiger charge is -2.09. The van der Waals surface area contributed by atoms with Crippen molar-refractivity contribution < 1.29 is 18.7 Å². The molecule has 0 saturated carbocycles. The Bertz CT molecular complexity index is 1390. The smallest absolute Gasteiger partial charge is 0.336 e. The summed E-state index contributed by atoms with van der Waals surface area (Å²) in [5.74, 6) is 1.15. The van der Waals surface area contributed by atoms with Crippen LogP contribution in [0.2, 0.25) is 5.02 Å². The van der Waals surface area contributed by atoms with Gasteiger partial charge in [0, 0.05) is 40.7 Å². The lowest BCUT2D eigenvalue weighted by atomic mass is 10.1. The van der Waals surface area contributed by atoms with Crippen LogP contribution in [0.3, 0.4) is 0 Å². The Kier molecular flexibility index (Phi) is 7.85. The van der Waals surface area contributed by atoms with E-state index in [0.29, 0.717) is 41.7 Å². The molecule has 0 aliphatic heterocycles. The second-order valence-electron chi connectivity index (χ2n) is 7.86. The van der Waals surface area contributed by atoms with E-state index in [0.717, 1.165) is 22.3 Å². The van der Waals surface area contributed by atoms with Gasteiger partial charge in [-0.3, -0.25) is 4.79 Å². The Morgan fingerprint density at radius 3 is 2.37 bits per heavy atom. The zero-order valence-electron chi connectivity index (χ0n) is 19.1. The summed E-state index contributed by atoms with van der Waals surface area (Å²) in [4.78, 5) is 23.6. The number of ether oxygens (including phenoxy) is 2. The van der Waals surface area contributed by atoms with Crippen LogP contribution in [0.1, 0.15) is 17.5 Å². The molecule has 1 aromatic heterocycles. The normalized spacial score (nSPS) is 11.0. The minimum absolute atomic E-state index is 0.226. The number of benzene rings is 3. The number of aryl methyl sites for hydroxylation is 1. The van der Waals surface area contributed by atoms with Gasteiger partial charge in [-0.15, -0.1) is 0 Å². The summed E-state index contributed by atoms with van der Waals surface area (Å²) in [6.45, 7) is 2.82. The minimum Gasteiger partial charge on any atom is -0.493 e. The van der Waals surface area contributed by atoms with Crippen LogP contribution in [-0.2, 0) is 4.79 Å². The van der Waals surface area contributed by atoms with E-state index in [4.69, 9.17) is 25.5 Å². The summed E-state index contributed by atoms with van der Waals surface area (Å²) in [6.07, 6.45) is 3.89. The number of hydrogen-bond donors (Lipinski definition) is 1. The van der Waals surface area contributed by atoms with Crippen LogP contribution in [0.25, 0.3) is 17.0 Å². The van der Waals surface area contributed by atoms with E-state index in [1.807, 2.05) is 43.3 Å². The molecule has 0 radical (unpaired) electrons. The van der Waals surface area contributed by atoms with Gasteiger partial charge in [0.15, 0.2) is 0 Å². The third-order valence-corrected chi connectivity index (χ3v) is 5.42. The van der Waals surface area contributed by atoms with Gasteiger partial charge in [-0.1, -0.05) is 23.7 Å². The fraction of sp³-hybridized carbons (Fsp3) is 0.143. The molecular weight excluding hydrogens is 466 g/mol. The summed E-state index contributed by atoms with van der Waals surface area (Å²) in [7, 11) is 0. The largest absolute Gasteiger partial charge is 0.493 e. The summed E-state index contributed by atoms with van der Waals surface area (Å²) < 4.78 is 16.8. The molecular formula is C28H24ClNO5. The first-order chi connectivity index (χ1) is 17.0. The lowest BCUT2D eigenvalue weighted by Crippen LogP contribution is -2.07. The number of fused-ring (bicyclic) bond motifs is 1. The maximum Gasteiger partial charge on any atom is 0.336 e. The maximum atomic E-state index is 12.1. The molecule has 1 N–H and O–H groups in total. The summed E-state index contributed by atoms with van der Waals surface area (Å²) in [6, 6.07) is 21.3. The molecule has 0 bridgehead atoms. The highest BCUT2D eigenvalue weighted by molar-refractivity contribution is 6.30. The number of hydrogen-bond acceptors (Lipinski definition) is 5. The van der Waals surface area contributed by atoms with Gasteiger partial charge in [-0.2, -0.15) is 0 Å². The zero-order chi connectivity index (χ0) is 24.6. The first-order valence-electron chi connectivity index (χ1n) is 11.1. The van der Waals surface area contributed by atoms with E-state index in [9.17, 15) is 9.59 Å². The molecule has 178 valence electrons. The second-order valence-corrected chi connectivity index (χ2v) is 8.29. The predicted molar refractivity (Wildman–Crippen MR) is 138 cm³/mol. The molecule has 7 heteroatoms. The number of nitrogens with one attached hydrogen (secondary N) is 1. The number of carbonyl (C=O) groups excluding carboxylic acids is 1. The summed E-state index contributed by atoms with van der Waals surface area (Å²) in [5.41, 5.74) is 2.58. The second kappa shape index (κ2) is 11.4. The Morgan fingerprint density at radius 1 is 0.943 bits per heavy atom. The number of carbonyl (C=O) groups is 1. The van der Waals surface area contributed by atoms with Gasteiger partial charge in [-0.25, -0.2) is 4.79 Å². The van der Waals surface area contributed by atoms with Crippen LogP contribution in [0.4, 0.5) is 5.69 Å². The van der Waals surface area contributed by atoms with Gasteiger partial charge in [0.1, 0.15) is 17.1 Å². The molecule has 1 amide bonds. The summed E-state index contributed by atoms with van der Waals surface area (Å²) >= 11 is 5.85. The zero-order valence-corrected chi connectivity index (χ0v) is 19.9. The van der Waals surface area contributed by atoms with Crippen LogP contribution in [0.5, 0.6) is 11.5 Å². The quantitative estimate of drug-likeness (QED) is 0.171. The average Bonchev–Trinajstić information content (AvgIpc) is 2.84. The molecule has 0 saturated heterocycles. The summed E-state index contributed by atoms with van der Waals surface area (Å²) in [5, 5.41) is 4.28. The van der Waals surface area contributed by atoms with E-state index < -0.39 is 0 Å². The van der Waals surface area contributed by atoms with Crippen LogP contribution >= 0.6 is 11.6 Å². The number of rotatable bonds is 9. The molecule has 35 heavy (non-hydrogen) atoms. The molecule has 4 rings (SSSR count). The van der Waals surface area contributed by atoms with Gasteiger partial charge < -0.3 is 19.2 Å². The standard InChI is InChI=1S/C28H24ClNO5/c1-19-17-28(32)35-26-18-24(12-13-25(19)26)34-16-2-15-33-23-10-3-20(4-11-23)5-14-27(31)30-22-8-6-21(29)7-9-22/h3-14,17-18H,2,15-16H2,1H3,(H,30,31)/b14-5+. The van der Waals surface area contributed by atoms with Gasteiger partial charge in [0.05, 0.1) is 13.2 Å². The van der Waals surface area contributed by atoms with E-state index in [2.05, 4.69) is 5.32 Å². The number of amides is 1. The van der Waals surface area contributed by atoms with Crippen molar-refractivity contribution in [3.63, 3.8) is 0 Å². The van der Waals surface area contributed by atoms with Crippen LogP contribution in [0, 0.1) is 6.92 Å². The van der Waals surface area contributed by atoms with Crippen molar-refractivity contribution >= 4 is 40.2 Å². The Hall–Kier alpha value is -4.03. The van der Waals surface area contributed by atoms with Crippen molar-refractivity contribution in [2.24, 2.45) is 0 Å². The third-order valence-electron chi connectivity index (χ3n) is 5.17. The monoisotopic (exact) mass is 489 g/mol. The topological polar surface area (TPSA) is 77.8 Å². The molecule has 0 spiro atoms. The van der Waals surface area contributed by atoms with Crippen molar-refractivity contribution in [2.75, 3.05) is 18.5 Å². The fourth-order valence-electron chi connectivity index (χ4n) is 3.40. The van der Waals surface area contributed by atoms with Gasteiger partial charge in [-0.05, 0) is 72.7 Å². The average molecular weight is 490 g/mol. The molecule has 0 aliphatic carbocycles. The molecule has 1 heterocycles. The molecule has 0 atom stereocenters. The van der Waals surface area contributed by atoms with Crippen molar-refractivity contribution in [1.82, 2.24) is 0 Å². The lowest BCUT2D eigenvalue weighted by molar-refractivity contribution is -0.111. The molecule has 0 fully saturated rings. The first-order valence-corrected chi connectivity index (χ1v) is 11.5. The Labute approximate surface area is 207 Å². The van der Waals surface area contributed by atoms with E-state index >= 15 is 0 Å². The minimum atomic E-state index is -0.372. The van der Waals surface area contributed by atoms with Crippen LogP contribution in [-0.4, -0.2) is 19.1 Å².